The molecule has 3 rings (SSSR count). The van der Waals surface area contributed by atoms with E-state index in [-0.39, 0.29) is 30.9 Å². The summed E-state index contributed by atoms with van der Waals surface area (Å²) in [4.78, 5) is 134. The number of rotatable bonds is 17. The van der Waals surface area contributed by atoms with Gasteiger partial charge in [-0.15, -0.1) is 0 Å². The van der Waals surface area contributed by atoms with Gasteiger partial charge in [0.25, 0.3) is 0 Å². The number of phenolic OH excluding ortho intramolecular Hbond substituents is 1. The van der Waals surface area contributed by atoms with Crippen LogP contribution in [0.15, 0.2) is 24.3 Å². The number of benzene rings is 1. The number of aliphatic hydroxyl groups is 1. The molecule has 27 heteroatoms. The van der Waals surface area contributed by atoms with Crippen LogP contribution in [0.4, 0.5) is 4.39 Å². The third-order valence-electron chi connectivity index (χ3n) is 11.9. The average Bonchev–Trinajstić information content (AvgIpc) is 3.69. The molecule has 10 amide bonds. The average molecular weight is 1030 g/mol. The fourth-order valence-corrected chi connectivity index (χ4v) is 9.21. The van der Waals surface area contributed by atoms with Gasteiger partial charge in [-0.25, -0.2) is 12.8 Å². The second kappa shape index (κ2) is 27.2. The van der Waals surface area contributed by atoms with E-state index in [0.29, 0.717) is 5.56 Å². The Morgan fingerprint density at radius 1 is 0.831 bits per heavy atom. The maximum atomic E-state index is 15.3. The molecule has 10 atom stereocenters. The molecule has 0 bridgehead atoms. The molecular weight excluding hydrogens is 958 g/mol. The number of carbonyl (C=O) groups is 10. The van der Waals surface area contributed by atoms with Crippen LogP contribution in [0, 0.1) is 11.8 Å². The SMILES string of the molecule is CC[C@H](C)[C@@H]1NC(=O)[C@@H](Cc2ccc(O)cc2)NC(O)CCS(=O)(=O)CC[C@@H](C(=O)N2C[C@@H](F)C[C@H]2C(=O)N[C@@H](CC(C)C)C(=O)NCC(N)=O)NC(=O)[C@H](CC(N)=O)NC(=O)[C@H](CCC(N)=O)NC1=O. The highest BCUT2D eigenvalue weighted by Crippen LogP contribution is 2.24. The van der Waals surface area contributed by atoms with Gasteiger partial charge >= 0.3 is 0 Å². The number of nitrogens with zero attached hydrogens (tertiary/aromatic N) is 1. The second-order valence-corrected chi connectivity index (χ2v) is 20.6. The molecule has 2 heterocycles. The number of primary amides is 3. The lowest BCUT2D eigenvalue weighted by atomic mass is 9.96. The Bertz CT molecular complexity index is 2220. The topological polar surface area (TPSA) is 411 Å². The van der Waals surface area contributed by atoms with E-state index in [1.807, 2.05) is 0 Å². The summed E-state index contributed by atoms with van der Waals surface area (Å²) in [5.41, 5.74) is 16.4. The highest BCUT2D eigenvalue weighted by molar-refractivity contribution is 7.91. The van der Waals surface area contributed by atoms with Gasteiger partial charge in [0.1, 0.15) is 54.4 Å². The highest BCUT2D eigenvalue weighted by atomic mass is 32.2. The Morgan fingerprint density at radius 3 is 2.03 bits per heavy atom. The number of hydrogen-bond acceptors (Lipinski definition) is 15. The molecule has 71 heavy (non-hydrogen) atoms. The summed E-state index contributed by atoms with van der Waals surface area (Å²) in [5, 5.41) is 38.1. The van der Waals surface area contributed by atoms with Gasteiger partial charge in [0.2, 0.25) is 59.1 Å². The van der Waals surface area contributed by atoms with Crippen molar-refractivity contribution in [1.82, 2.24) is 42.1 Å². The molecule has 2 aliphatic rings. The van der Waals surface area contributed by atoms with Gasteiger partial charge in [-0.1, -0.05) is 46.2 Å². The van der Waals surface area contributed by atoms with Crippen LogP contribution in [0.3, 0.4) is 0 Å². The van der Waals surface area contributed by atoms with Crippen molar-refractivity contribution in [2.24, 2.45) is 29.0 Å². The molecule has 2 aliphatic heterocycles. The Kier molecular flexibility index (Phi) is 22.5. The van der Waals surface area contributed by atoms with Gasteiger partial charge in [0, 0.05) is 19.3 Å². The van der Waals surface area contributed by atoms with Gasteiger partial charge in [-0.2, -0.15) is 0 Å². The summed E-state index contributed by atoms with van der Waals surface area (Å²) < 4.78 is 42.6. The first-order valence-electron chi connectivity index (χ1n) is 23.2. The zero-order valence-corrected chi connectivity index (χ0v) is 40.9. The molecule has 2 fully saturated rings. The third kappa shape index (κ3) is 19.3. The molecule has 0 aliphatic carbocycles. The van der Waals surface area contributed by atoms with Crippen molar-refractivity contribution >= 4 is 68.9 Å². The van der Waals surface area contributed by atoms with Gasteiger partial charge in [-0.05, 0) is 55.2 Å². The fraction of sp³-hybridized carbons (Fsp3) is 0.636. The van der Waals surface area contributed by atoms with Crippen LogP contribution >= 0.6 is 0 Å². The molecule has 2 saturated heterocycles. The standard InChI is InChI=1S/C44H68FN11O14S/c1-5-23(4)37-43(67)51-27(10-11-33(46)58)39(63)53-31(19-34(47)59)40(64)52-28(12-14-71(69,70)15-13-36(61)50-30(41(65)55-37)17-24-6-8-26(57)9-7-24)44(68)56-21-25(45)18-32(56)42(66)54-29(16-22(2)3)38(62)49-20-35(48)60/h6-9,22-23,25,27-32,36-37,50,57,61H,5,10-21H2,1-4H3,(H2,46,58)(H2,47,59)(H2,48,60)(H,49,62)(H,51,67)(H,52,64)(H,53,63)(H,54,66)(H,55,65)/t23-,25-,27-,28-,29-,30+,31-,32-,36?,37-/m0/s1. The number of aromatic hydroxyl groups is 1. The van der Waals surface area contributed by atoms with Crippen LogP contribution in [-0.2, 0) is 64.2 Å². The van der Waals surface area contributed by atoms with Gasteiger partial charge < -0.3 is 64.2 Å². The maximum absolute atomic E-state index is 15.3. The predicted molar refractivity (Wildman–Crippen MR) is 251 cm³/mol. The Labute approximate surface area is 410 Å². The first-order valence-corrected chi connectivity index (χ1v) is 25.0. The predicted octanol–water partition coefficient (Wildman–Crippen LogP) is -4.38. The molecule has 0 aromatic heterocycles. The molecule has 1 aromatic carbocycles. The summed E-state index contributed by atoms with van der Waals surface area (Å²) in [5.74, 6) is -12.8. The maximum Gasteiger partial charge on any atom is 0.245 e. The number of nitrogens with two attached hydrogens (primary N) is 3. The Hall–Kier alpha value is -6.48. The lowest BCUT2D eigenvalue weighted by Crippen LogP contribution is -2.61. The molecule has 1 aromatic rings. The van der Waals surface area contributed by atoms with Crippen LogP contribution in [0.5, 0.6) is 5.75 Å². The van der Waals surface area contributed by atoms with Crippen molar-refractivity contribution in [3.8, 4) is 5.75 Å². The number of halogens is 1. The van der Waals surface area contributed by atoms with Crippen molar-refractivity contribution in [3.63, 3.8) is 0 Å². The Morgan fingerprint density at radius 2 is 1.44 bits per heavy atom. The third-order valence-corrected chi connectivity index (χ3v) is 13.6. The van der Waals surface area contributed by atoms with Crippen molar-refractivity contribution in [3.05, 3.63) is 29.8 Å². The van der Waals surface area contributed by atoms with Gasteiger partial charge in [-0.3, -0.25) is 53.3 Å². The number of aliphatic hydroxyl groups excluding tert-OH is 1. The van der Waals surface area contributed by atoms with Crippen LogP contribution in [0.25, 0.3) is 0 Å². The molecular formula is C44H68FN11O14S. The first-order chi connectivity index (χ1) is 33.2. The number of sulfone groups is 1. The molecule has 0 radical (unpaired) electrons. The van der Waals surface area contributed by atoms with Crippen LogP contribution in [0.1, 0.15) is 84.6 Å². The number of phenols is 1. The smallest absolute Gasteiger partial charge is 0.245 e. The molecule has 1 unspecified atom stereocenters. The molecule has 0 saturated carbocycles. The van der Waals surface area contributed by atoms with E-state index in [4.69, 9.17) is 17.2 Å². The molecule has 15 N–H and O–H groups in total. The van der Waals surface area contributed by atoms with E-state index < -0.39 is 193 Å². The molecule has 396 valence electrons. The number of hydrogen-bond donors (Lipinski definition) is 12. The zero-order valence-electron chi connectivity index (χ0n) is 40.1. The van der Waals surface area contributed by atoms with E-state index in [9.17, 15) is 66.6 Å². The van der Waals surface area contributed by atoms with E-state index in [2.05, 4.69) is 37.2 Å². The minimum Gasteiger partial charge on any atom is -0.508 e. The number of likely N-dealkylation sites (tertiary alicyclic amines) is 1. The fourth-order valence-electron chi connectivity index (χ4n) is 7.83. The minimum atomic E-state index is -4.30. The quantitative estimate of drug-likeness (QED) is 0.0701. The normalized spacial score (nSPS) is 25.8. The van der Waals surface area contributed by atoms with Crippen molar-refractivity contribution in [2.45, 2.75) is 140 Å². The highest BCUT2D eigenvalue weighted by Gasteiger charge is 2.44. The monoisotopic (exact) mass is 1030 g/mol. The number of alkyl halides is 1. The van der Waals surface area contributed by atoms with Crippen molar-refractivity contribution in [2.75, 3.05) is 24.6 Å². The van der Waals surface area contributed by atoms with Crippen LogP contribution in [0.2, 0.25) is 0 Å². The summed E-state index contributed by atoms with van der Waals surface area (Å²) in [6, 6.07) is -5.53. The summed E-state index contributed by atoms with van der Waals surface area (Å²) in [6.45, 7) is 5.45. The van der Waals surface area contributed by atoms with Crippen molar-refractivity contribution in [1.29, 1.82) is 0 Å². The second-order valence-electron chi connectivity index (χ2n) is 18.3. The van der Waals surface area contributed by atoms with E-state index in [1.165, 1.54) is 24.3 Å². The number of nitrogens with one attached hydrogen (secondary N) is 7. The minimum absolute atomic E-state index is 0.0293. The zero-order chi connectivity index (χ0) is 53.3. The lowest BCUT2D eigenvalue weighted by molar-refractivity contribution is -0.143. The first kappa shape index (κ1) is 58.8. The van der Waals surface area contributed by atoms with Gasteiger partial charge in [0.05, 0.1) is 37.1 Å². The molecule has 0 spiro atoms. The number of carbonyl (C=O) groups excluding carboxylic acids is 10. The van der Waals surface area contributed by atoms with Crippen molar-refractivity contribution < 1.29 is 71.0 Å². The Balaban J connectivity index is 2.11. The van der Waals surface area contributed by atoms with E-state index in [0.717, 1.165) is 4.90 Å². The van der Waals surface area contributed by atoms with E-state index >= 15 is 4.39 Å². The lowest BCUT2D eigenvalue weighted by Gasteiger charge is -2.31. The molecule has 25 nitrogen and oxygen atoms in total. The van der Waals surface area contributed by atoms with E-state index in [1.54, 1.807) is 27.7 Å². The summed E-state index contributed by atoms with van der Waals surface area (Å²) in [6.07, 6.45) is -7.18. The summed E-state index contributed by atoms with van der Waals surface area (Å²) in [7, 11) is -4.30. The van der Waals surface area contributed by atoms with Crippen LogP contribution in [-0.4, -0.2) is 162 Å². The van der Waals surface area contributed by atoms with Crippen LogP contribution < -0.4 is 54.4 Å². The largest absolute Gasteiger partial charge is 0.508 e. The van der Waals surface area contributed by atoms with Gasteiger partial charge in [0.15, 0.2) is 9.84 Å². The number of amides is 10. The summed E-state index contributed by atoms with van der Waals surface area (Å²) >= 11 is 0.